The van der Waals surface area contributed by atoms with Crippen LogP contribution >= 0.6 is 0 Å². The van der Waals surface area contributed by atoms with Gasteiger partial charge in [0.2, 0.25) is 0 Å². The first-order valence-electron chi connectivity index (χ1n) is 9.40. The van der Waals surface area contributed by atoms with Crippen LogP contribution in [0.3, 0.4) is 0 Å². The molecule has 31 heavy (non-hydrogen) atoms. The number of carbonyl (C=O) groups excluding carboxylic acids is 1. The summed E-state index contributed by atoms with van der Waals surface area (Å²) in [5, 5.41) is 19.6. The van der Waals surface area contributed by atoms with E-state index in [1.54, 1.807) is 47.3 Å². The van der Waals surface area contributed by atoms with E-state index < -0.39 is 4.92 Å². The van der Waals surface area contributed by atoms with Gasteiger partial charge in [0.05, 0.1) is 16.8 Å². The maximum absolute atomic E-state index is 12.2. The molecule has 152 valence electrons. The fraction of sp³-hybridized carbons (Fsp3) is 0. The van der Waals surface area contributed by atoms with Crippen LogP contribution in [0.2, 0.25) is 0 Å². The van der Waals surface area contributed by atoms with E-state index in [1.165, 1.54) is 18.3 Å². The molecule has 0 spiro atoms. The molecule has 4 aromatic rings. The maximum Gasteiger partial charge on any atom is 0.271 e. The SMILES string of the molecule is O=C(N/N=C/c1cn(-c2ccccc2)nc1-c1ccc([N+](=O)[O-])cc1)c1ccccc1. The van der Waals surface area contributed by atoms with Gasteiger partial charge >= 0.3 is 0 Å². The van der Waals surface area contributed by atoms with Crippen LogP contribution in [-0.4, -0.2) is 26.8 Å². The van der Waals surface area contributed by atoms with E-state index in [0.29, 0.717) is 22.4 Å². The summed E-state index contributed by atoms with van der Waals surface area (Å²) in [7, 11) is 0. The summed E-state index contributed by atoms with van der Waals surface area (Å²) in [6.07, 6.45) is 3.29. The molecule has 0 aliphatic rings. The minimum atomic E-state index is -0.451. The zero-order valence-corrected chi connectivity index (χ0v) is 16.3. The number of nitro groups is 1. The predicted molar refractivity (Wildman–Crippen MR) is 117 cm³/mol. The van der Waals surface area contributed by atoms with E-state index in [9.17, 15) is 14.9 Å². The van der Waals surface area contributed by atoms with Crippen molar-refractivity contribution >= 4 is 17.8 Å². The minimum absolute atomic E-state index is 0.00316. The highest BCUT2D eigenvalue weighted by Gasteiger charge is 2.13. The van der Waals surface area contributed by atoms with Crippen LogP contribution in [0, 0.1) is 10.1 Å². The van der Waals surface area contributed by atoms with Crippen molar-refractivity contribution < 1.29 is 9.72 Å². The first kappa shape index (κ1) is 19.7. The average Bonchev–Trinajstić information content (AvgIpc) is 3.24. The van der Waals surface area contributed by atoms with Crippen LogP contribution in [0.25, 0.3) is 16.9 Å². The molecule has 1 aromatic heterocycles. The molecule has 0 bridgehead atoms. The number of hydrazone groups is 1. The van der Waals surface area contributed by atoms with Crippen LogP contribution in [0.1, 0.15) is 15.9 Å². The summed E-state index contributed by atoms with van der Waals surface area (Å²) in [5.74, 6) is -0.329. The van der Waals surface area contributed by atoms with E-state index in [4.69, 9.17) is 0 Å². The average molecular weight is 411 g/mol. The number of para-hydroxylation sites is 1. The van der Waals surface area contributed by atoms with Crippen molar-refractivity contribution in [3.8, 4) is 16.9 Å². The van der Waals surface area contributed by atoms with E-state index in [-0.39, 0.29) is 11.6 Å². The van der Waals surface area contributed by atoms with E-state index in [1.807, 2.05) is 36.4 Å². The Morgan fingerprint density at radius 1 is 0.968 bits per heavy atom. The molecule has 1 N–H and O–H groups in total. The van der Waals surface area contributed by atoms with Crippen LogP contribution in [0.15, 0.2) is 96.2 Å². The summed E-state index contributed by atoms with van der Waals surface area (Å²) in [4.78, 5) is 22.7. The fourth-order valence-electron chi connectivity index (χ4n) is 2.97. The van der Waals surface area contributed by atoms with Crippen LogP contribution in [0.4, 0.5) is 5.69 Å². The molecule has 0 radical (unpaired) electrons. The molecule has 0 saturated heterocycles. The van der Waals surface area contributed by atoms with Gasteiger partial charge in [0.1, 0.15) is 5.69 Å². The van der Waals surface area contributed by atoms with E-state index in [0.717, 1.165) is 5.69 Å². The van der Waals surface area contributed by atoms with Crippen molar-refractivity contribution in [2.45, 2.75) is 0 Å². The molecule has 0 aliphatic carbocycles. The summed E-state index contributed by atoms with van der Waals surface area (Å²) in [6.45, 7) is 0. The van der Waals surface area contributed by atoms with Crippen molar-refractivity contribution in [2.75, 3.05) is 0 Å². The number of hydrogen-bond acceptors (Lipinski definition) is 5. The summed E-state index contributed by atoms with van der Waals surface area (Å²) in [6, 6.07) is 24.4. The van der Waals surface area contributed by atoms with E-state index in [2.05, 4.69) is 15.6 Å². The molecule has 0 saturated carbocycles. The first-order valence-corrected chi connectivity index (χ1v) is 9.40. The molecule has 1 amide bonds. The van der Waals surface area contributed by atoms with Gasteiger partial charge in [-0.1, -0.05) is 36.4 Å². The monoisotopic (exact) mass is 411 g/mol. The second kappa shape index (κ2) is 8.83. The number of aromatic nitrogens is 2. The molecule has 8 heteroatoms. The minimum Gasteiger partial charge on any atom is -0.267 e. The lowest BCUT2D eigenvalue weighted by molar-refractivity contribution is -0.384. The highest BCUT2D eigenvalue weighted by Crippen LogP contribution is 2.25. The topological polar surface area (TPSA) is 102 Å². The lowest BCUT2D eigenvalue weighted by Crippen LogP contribution is -2.17. The number of carbonyl (C=O) groups is 1. The molecule has 0 atom stereocenters. The molecule has 0 aliphatic heterocycles. The maximum atomic E-state index is 12.2. The summed E-state index contributed by atoms with van der Waals surface area (Å²) < 4.78 is 1.69. The molecule has 3 aromatic carbocycles. The predicted octanol–water partition coefficient (Wildman–Crippen LogP) is 4.21. The molecule has 1 heterocycles. The Hall–Kier alpha value is -4.59. The van der Waals surface area contributed by atoms with Gasteiger partial charge in [-0.2, -0.15) is 10.2 Å². The third-order valence-electron chi connectivity index (χ3n) is 4.52. The zero-order chi connectivity index (χ0) is 21.6. The van der Waals surface area contributed by atoms with Crippen LogP contribution < -0.4 is 5.43 Å². The molecular formula is C23H17N5O3. The first-order chi connectivity index (χ1) is 15.1. The highest BCUT2D eigenvalue weighted by atomic mass is 16.6. The Morgan fingerprint density at radius 3 is 2.26 bits per heavy atom. The Bertz CT molecular complexity index is 1230. The third-order valence-corrected chi connectivity index (χ3v) is 4.52. The number of hydrogen-bond donors (Lipinski definition) is 1. The van der Waals surface area contributed by atoms with Gasteiger partial charge in [-0.15, -0.1) is 0 Å². The molecule has 8 nitrogen and oxygen atoms in total. The molecule has 0 fully saturated rings. The number of nitrogens with zero attached hydrogens (tertiary/aromatic N) is 4. The van der Waals surface area contributed by atoms with Crippen molar-refractivity contribution in [3.63, 3.8) is 0 Å². The molecule has 4 rings (SSSR count). The smallest absolute Gasteiger partial charge is 0.267 e. The largest absolute Gasteiger partial charge is 0.271 e. The number of amides is 1. The number of non-ortho nitro benzene ring substituents is 1. The number of nitro benzene ring substituents is 1. The van der Waals surface area contributed by atoms with Crippen LogP contribution in [-0.2, 0) is 0 Å². The van der Waals surface area contributed by atoms with Gasteiger partial charge in [0.15, 0.2) is 0 Å². The number of rotatable bonds is 6. The standard InChI is InChI=1S/C23H17N5O3/c29-23(18-7-3-1-4-8-18)25-24-15-19-16-27(20-9-5-2-6-10-20)26-22(19)17-11-13-21(14-12-17)28(30)31/h1-16H,(H,25,29)/b24-15+. The Labute approximate surface area is 177 Å². The fourth-order valence-corrected chi connectivity index (χ4v) is 2.97. The van der Waals surface area contributed by atoms with Gasteiger partial charge in [0, 0.05) is 35.0 Å². The van der Waals surface area contributed by atoms with Crippen molar-refractivity contribution in [3.05, 3.63) is 112 Å². The van der Waals surface area contributed by atoms with Crippen LogP contribution in [0.5, 0.6) is 0 Å². The summed E-state index contributed by atoms with van der Waals surface area (Å²) >= 11 is 0. The zero-order valence-electron chi connectivity index (χ0n) is 16.3. The normalized spacial score (nSPS) is 10.8. The number of nitrogens with one attached hydrogen (secondary N) is 1. The lowest BCUT2D eigenvalue weighted by Gasteiger charge is -2.01. The van der Waals surface area contributed by atoms with Crippen molar-refractivity contribution in [2.24, 2.45) is 5.10 Å². The second-order valence-corrected chi connectivity index (χ2v) is 6.58. The van der Waals surface area contributed by atoms with Crippen molar-refractivity contribution in [1.82, 2.24) is 15.2 Å². The van der Waals surface area contributed by atoms with Gasteiger partial charge in [-0.05, 0) is 36.4 Å². The Kier molecular flexibility index (Phi) is 5.62. The summed E-state index contributed by atoms with van der Waals surface area (Å²) in [5.41, 5.74) is 5.76. The van der Waals surface area contributed by atoms with E-state index >= 15 is 0 Å². The van der Waals surface area contributed by atoms with Gasteiger partial charge in [0.25, 0.3) is 11.6 Å². The van der Waals surface area contributed by atoms with Crippen molar-refractivity contribution in [1.29, 1.82) is 0 Å². The van der Waals surface area contributed by atoms with Gasteiger partial charge in [-0.25, -0.2) is 10.1 Å². The Balaban J connectivity index is 1.65. The third kappa shape index (κ3) is 4.54. The second-order valence-electron chi connectivity index (χ2n) is 6.58. The number of benzene rings is 3. The molecule has 0 unspecified atom stereocenters. The molecular weight excluding hydrogens is 394 g/mol. The quantitative estimate of drug-likeness (QED) is 0.292. The van der Waals surface area contributed by atoms with Gasteiger partial charge < -0.3 is 0 Å². The highest BCUT2D eigenvalue weighted by molar-refractivity contribution is 5.95. The Morgan fingerprint density at radius 2 is 1.61 bits per heavy atom. The van der Waals surface area contributed by atoms with Gasteiger partial charge in [-0.3, -0.25) is 14.9 Å². The lowest BCUT2D eigenvalue weighted by atomic mass is 10.1.